The van der Waals surface area contributed by atoms with Crippen LogP contribution in [0.5, 0.6) is 5.75 Å². The van der Waals surface area contributed by atoms with Crippen molar-refractivity contribution in [3.63, 3.8) is 0 Å². The summed E-state index contributed by atoms with van der Waals surface area (Å²) in [5.41, 5.74) is 6.93. The van der Waals surface area contributed by atoms with Crippen molar-refractivity contribution in [2.45, 2.75) is 12.5 Å². The molecule has 0 bridgehead atoms. The van der Waals surface area contributed by atoms with Gasteiger partial charge in [0.15, 0.2) is 0 Å². The zero-order valence-corrected chi connectivity index (χ0v) is 8.12. The van der Waals surface area contributed by atoms with Gasteiger partial charge in [-0.05, 0) is 31.2 Å². The molecule has 0 aromatic heterocycles. The zero-order chi connectivity index (χ0) is 10.6. The topological polar surface area (TPSA) is 82.1 Å². The van der Waals surface area contributed by atoms with Crippen LogP contribution in [0, 0.1) is 5.41 Å². The number of benzene rings is 1. The lowest BCUT2D eigenvalue weighted by atomic mass is 10.1. The molecular weight excluding hydrogens is 178 g/mol. The molecular formula is C10H15N3O. The Morgan fingerprint density at radius 2 is 2.36 bits per heavy atom. The number of aromatic hydroxyl groups is 1. The lowest BCUT2D eigenvalue weighted by Crippen LogP contribution is -2.28. The third-order valence-corrected chi connectivity index (χ3v) is 2.12. The van der Waals surface area contributed by atoms with E-state index in [1.165, 1.54) is 6.21 Å². The molecule has 0 fully saturated rings. The number of phenols is 1. The molecule has 14 heavy (non-hydrogen) atoms. The summed E-state index contributed by atoms with van der Waals surface area (Å²) in [5, 5.41) is 19.3. The van der Waals surface area contributed by atoms with E-state index in [0.717, 1.165) is 5.56 Å². The van der Waals surface area contributed by atoms with Crippen molar-refractivity contribution in [2.75, 3.05) is 12.8 Å². The highest BCUT2D eigenvalue weighted by molar-refractivity contribution is 5.62. The lowest BCUT2D eigenvalue weighted by molar-refractivity contribution is 0.477. The number of hydrogen-bond acceptors (Lipinski definition) is 4. The summed E-state index contributed by atoms with van der Waals surface area (Å²) in [6.07, 6.45) is 2.05. The Balaban J connectivity index is 2.76. The van der Waals surface area contributed by atoms with Crippen LogP contribution < -0.4 is 11.1 Å². The lowest BCUT2D eigenvalue weighted by Gasteiger charge is -2.10. The molecule has 0 saturated heterocycles. The van der Waals surface area contributed by atoms with E-state index in [2.05, 4.69) is 5.32 Å². The molecule has 4 nitrogen and oxygen atoms in total. The molecule has 0 saturated carbocycles. The normalized spacial score (nSPS) is 12.4. The minimum atomic E-state index is 0.0129. The van der Waals surface area contributed by atoms with Crippen molar-refractivity contribution >= 4 is 11.9 Å². The van der Waals surface area contributed by atoms with E-state index >= 15 is 0 Å². The molecule has 1 atom stereocenters. The number of nitrogens with two attached hydrogens (primary N) is 1. The molecule has 1 rings (SSSR count). The fourth-order valence-electron chi connectivity index (χ4n) is 1.23. The highest BCUT2D eigenvalue weighted by Gasteiger charge is 2.05. The highest BCUT2D eigenvalue weighted by Crippen LogP contribution is 2.20. The van der Waals surface area contributed by atoms with Crippen molar-refractivity contribution in [1.82, 2.24) is 5.32 Å². The van der Waals surface area contributed by atoms with Crippen LogP contribution in [0.1, 0.15) is 5.56 Å². The number of nitrogens with one attached hydrogen (secondary N) is 2. The van der Waals surface area contributed by atoms with Crippen molar-refractivity contribution in [2.24, 2.45) is 0 Å². The number of likely N-dealkylation sites (N-methyl/N-ethyl adjacent to an activating group) is 1. The number of hydrogen-bond donors (Lipinski definition) is 4. The summed E-state index contributed by atoms with van der Waals surface area (Å²) in [4.78, 5) is 0. The quantitative estimate of drug-likeness (QED) is 0.323. The van der Waals surface area contributed by atoms with Crippen LogP contribution in [0.15, 0.2) is 18.2 Å². The summed E-state index contributed by atoms with van der Waals surface area (Å²) in [6.45, 7) is 0. The molecule has 0 radical (unpaired) electrons. The van der Waals surface area contributed by atoms with Crippen LogP contribution in [-0.4, -0.2) is 24.4 Å². The van der Waals surface area contributed by atoms with Gasteiger partial charge in [0.2, 0.25) is 0 Å². The first kappa shape index (κ1) is 10.5. The zero-order valence-electron chi connectivity index (χ0n) is 8.12. The Hall–Kier alpha value is -1.55. The van der Waals surface area contributed by atoms with Crippen LogP contribution >= 0.6 is 0 Å². The van der Waals surface area contributed by atoms with Gasteiger partial charge in [-0.2, -0.15) is 0 Å². The molecule has 0 aliphatic heterocycles. The monoisotopic (exact) mass is 193 g/mol. The third kappa shape index (κ3) is 2.47. The van der Waals surface area contributed by atoms with Gasteiger partial charge >= 0.3 is 0 Å². The van der Waals surface area contributed by atoms with Gasteiger partial charge in [0.25, 0.3) is 0 Å². The molecule has 5 N–H and O–H groups in total. The fourth-order valence-corrected chi connectivity index (χ4v) is 1.23. The van der Waals surface area contributed by atoms with E-state index in [4.69, 9.17) is 11.1 Å². The van der Waals surface area contributed by atoms with Crippen LogP contribution in [0.3, 0.4) is 0 Å². The molecule has 0 aliphatic carbocycles. The molecule has 4 heteroatoms. The van der Waals surface area contributed by atoms with Crippen LogP contribution in [0.25, 0.3) is 0 Å². The maximum atomic E-state index is 9.21. The third-order valence-electron chi connectivity index (χ3n) is 2.12. The number of rotatable bonds is 4. The second-order valence-electron chi connectivity index (χ2n) is 3.16. The van der Waals surface area contributed by atoms with Gasteiger partial charge in [-0.25, -0.2) is 0 Å². The van der Waals surface area contributed by atoms with Gasteiger partial charge in [-0.15, -0.1) is 0 Å². The van der Waals surface area contributed by atoms with Crippen molar-refractivity contribution in [3.05, 3.63) is 23.8 Å². The summed E-state index contributed by atoms with van der Waals surface area (Å²) in [5.74, 6) is 0.101. The van der Waals surface area contributed by atoms with Gasteiger partial charge < -0.3 is 21.6 Å². The SMILES string of the molecule is CNC(C=N)Cc1ccc(O)c(N)c1. The Kier molecular flexibility index (Phi) is 3.48. The van der Waals surface area contributed by atoms with E-state index in [0.29, 0.717) is 12.1 Å². The largest absolute Gasteiger partial charge is 0.506 e. The first-order chi connectivity index (χ1) is 6.67. The summed E-state index contributed by atoms with van der Waals surface area (Å²) >= 11 is 0. The van der Waals surface area contributed by atoms with Crippen LogP contribution in [0.2, 0.25) is 0 Å². The summed E-state index contributed by atoms with van der Waals surface area (Å²) in [6, 6.07) is 5.11. The van der Waals surface area contributed by atoms with E-state index in [9.17, 15) is 5.11 Å². The van der Waals surface area contributed by atoms with E-state index < -0.39 is 0 Å². The van der Waals surface area contributed by atoms with E-state index in [-0.39, 0.29) is 11.8 Å². The number of anilines is 1. The van der Waals surface area contributed by atoms with Crippen molar-refractivity contribution in [3.8, 4) is 5.75 Å². The molecule has 1 unspecified atom stereocenters. The second kappa shape index (κ2) is 4.62. The maximum absolute atomic E-state index is 9.21. The highest BCUT2D eigenvalue weighted by atomic mass is 16.3. The average molecular weight is 193 g/mol. The molecule has 1 aromatic carbocycles. The maximum Gasteiger partial charge on any atom is 0.138 e. The number of phenolic OH excluding ortho intramolecular Hbond substituents is 1. The predicted molar refractivity (Wildman–Crippen MR) is 57.9 cm³/mol. The fraction of sp³-hybridized carbons (Fsp3) is 0.300. The molecule has 0 aliphatic rings. The molecule has 76 valence electrons. The molecule has 0 heterocycles. The minimum absolute atomic E-state index is 0.0129. The van der Waals surface area contributed by atoms with Crippen molar-refractivity contribution < 1.29 is 5.11 Å². The average Bonchev–Trinajstić information content (AvgIpc) is 2.19. The second-order valence-corrected chi connectivity index (χ2v) is 3.16. The van der Waals surface area contributed by atoms with Gasteiger partial charge in [-0.3, -0.25) is 0 Å². The molecule has 0 spiro atoms. The van der Waals surface area contributed by atoms with Gasteiger partial charge in [0.1, 0.15) is 5.75 Å². The molecule has 0 amide bonds. The van der Waals surface area contributed by atoms with Crippen LogP contribution in [-0.2, 0) is 6.42 Å². The predicted octanol–water partition coefficient (Wildman–Crippen LogP) is 0.754. The smallest absolute Gasteiger partial charge is 0.138 e. The Morgan fingerprint density at radius 1 is 1.64 bits per heavy atom. The molecule has 1 aromatic rings. The summed E-state index contributed by atoms with van der Waals surface area (Å²) in [7, 11) is 1.81. The van der Waals surface area contributed by atoms with Crippen molar-refractivity contribution in [1.29, 1.82) is 5.41 Å². The van der Waals surface area contributed by atoms with E-state index in [1.807, 2.05) is 0 Å². The van der Waals surface area contributed by atoms with Gasteiger partial charge in [0.05, 0.1) is 5.69 Å². The Bertz CT molecular complexity index is 325. The Morgan fingerprint density at radius 3 is 2.86 bits per heavy atom. The standard InChI is InChI=1S/C10H15N3O/c1-13-8(6-11)4-7-2-3-10(14)9(12)5-7/h2-3,5-6,8,11,13-14H,4,12H2,1H3. The van der Waals surface area contributed by atoms with E-state index in [1.54, 1.807) is 25.2 Å². The minimum Gasteiger partial charge on any atom is -0.506 e. The van der Waals surface area contributed by atoms with Gasteiger partial charge in [-0.1, -0.05) is 6.07 Å². The van der Waals surface area contributed by atoms with Gasteiger partial charge in [0, 0.05) is 12.3 Å². The first-order valence-electron chi connectivity index (χ1n) is 4.42. The Labute approximate surface area is 83.3 Å². The van der Waals surface area contributed by atoms with Crippen LogP contribution in [0.4, 0.5) is 5.69 Å². The number of nitrogen functional groups attached to an aromatic ring is 1. The first-order valence-corrected chi connectivity index (χ1v) is 4.42. The summed E-state index contributed by atoms with van der Waals surface area (Å²) < 4.78 is 0.